The highest BCUT2D eigenvalue weighted by atomic mass is 19.4. The fourth-order valence-electron chi connectivity index (χ4n) is 1.94. The molecule has 140 valence electrons. The molecule has 11 heteroatoms. The van der Waals surface area contributed by atoms with Crippen LogP contribution in [0.2, 0.25) is 0 Å². The van der Waals surface area contributed by atoms with E-state index < -0.39 is 28.5 Å². The lowest BCUT2D eigenvalue weighted by molar-refractivity contribution is -0.385. The number of nitro groups is 1. The number of rotatable bonds is 4. The molecule has 0 saturated carbocycles. The van der Waals surface area contributed by atoms with Crippen molar-refractivity contribution >= 4 is 29.4 Å². The second kappa shape index (κ2) is 8.08. The number of hydrazone groups is 1. The van der Waals surface area contributed by atoms with Crippen molar-refractivity contribution in [3.63, 3.8) is 0 Å². The van der Waals surface area contributed by atoms with Crippen molar-refractivity contribution in [1.29, 1.82) is 0 Å². The van der Waals surface area contributed by atoms with E-state index in [0.29, 0.717) is 6.07 Å². The van der Waals surface area contributed by atoms with Crippen LogP contribution in [-0.4, -0.2) is 23.0 Å². The summed E-state index contributed by atoms with van der Waals surface area (Å²) in [7, 11) is 0. The van der Waals surface area contributed by atoms with E-state index in [0.717, 1.165) is 18.3 Å². The fourth-order valence-corrected chi connectivity index (χ4v) is 1.94. The van der Waals surface area contributed by atoms with Gasteiger partial charge in [0.2, 0.25) is 0 Å². The molecule has 2 N–H and O–H groups in total. The number of carbonyl (C=O) groups excluding carboxylic acids is 2. The van der Waals surface area contributed by atoms with Crippen molar-refractivity contribution in [2.75, 3.05) is 5.32 Å². The lowest BCUT2D eigenvalue weighted by Crippen LogP contribution is -2.32. The number of nitrogens with one attached hydrogen (secondary N) is 2. The summed E-state index contributed by atoms with van der Waals surface area (Å²) in [5.74, 6) is -2.52. The molecule has 0 fully saturated rings. The maximum atomic E-state index is 12.6. The number of carbonyl (C=O) groups is 2. The Hall–Kier alpha value is -3.76. The molecule has 27 heavy (non-hydrogen) atoms. The predicted octanol–water partition coefficient (Wildman–Crippen LogP) is 2.70. The molecule has 2 aromatic rings. The lowest BCUT2D eigenvalue weighted by atomic mass is 10.2. The Morgan fingerprint density at radius 1 is 1.07 bits per heavy atom. The molecule has 0 spiro atoms. The zero-order valence-electron chi connectivity index (χ0n) is 13.4. The smallest absolute Gasteiger partial charge is 0.318 e. The van der Waals surface area contributed by atoms with Gasteiger partial charge in [0.25, 0.3) is 5.69 Å². The van der Waals surface area contributed by atoms with Gasteiger partial charge < -0.3 is 5.32 Å². The largest absolute Gasteiger partial charge is 0.416 e. The molecular formula is C16H11F3N4O4. The molecule has 0 radical (unpaired) electrons. The Bertz CT molecular complexity index is 913. The van der Waals surface area contributed by atoms with Crippen LogP contribution in [0.3, 0.4) is 0 Å². The van der Waals surface area contributed by atoms with E-state index in [1.165, 1.54) is 30.3 Å². The molecule has 0 unspecified atom stereocenters. The monoisotopic (exact) mass is 380 g/mol. The first-order valence-electron chi connectivity index (χ1n) is 7.23. The quantitative estimate of drug-likeness (QED) is 0.367. The summed E-state index contributed by atoms with van der Waals surface area (Å²) < 4.78 is 37.9. The van der Waals surface area contributed by atoms with Crippen LogP contribution in [0.25, 0.3) is 0 Å². The summed E-state index contributed by atoms with van der Waals surface area (Å²) in [4.78, 5) is 33.5. The number of para-hydroxylation sites is 1. The number of anilines is 1. The zero-order valence-corrected chi connectivity index (χ0v) is 13.4. The Balaban J connectivity index is 2.01. The Morgan fingerprint density at radius 3 is 2.44 bits per heavy atom. The van der Waals surface area contributed by atoms with Gasteiger partial charge in [-0.25, -0.2) is 5.43 Å². The first-order chi connectivity index (χ1) is 12.7. The van der Waals surface area contributed by atoms with E-state index in [2.05, 4.69) is 5.10 Å². The average Bonchev–Trinajstić information content (AvgIpc) is 2.61. The van der Waals surface area contributed by atoms with Crippen LogP contribution in [0.15, 0.2) is 53.6 Å². The molecule has 2 aromatic carbocycles. The zero-order chi connectivity index (χ0) is 20.0. The summed E-state index contributed by atoms with van der Waals surface area (Å²) in [5.41, 5.74) is 0.440. The number of halogens is 3. The third kappa shape index (κ3) is 5.36. The Labute approximate surface area is 149 Å². The number of alkyl halides is 3. The highest BCUT2D eigenvalue weighted by Gasteiger charge is 2.30. The number of hydrogen-bond donors (Lipinski definition) is 2. The standard InChI is InChI=1S/C16H11F3N4O4/c17-16(18,19)11-5-3-6-12(8-11)21-14(24)15(25)22-20-9-10-4-1-2-7-13(10)23(26)27/h1-9H,(H,21,24)(H,22,25)/b20-9+. The van der Waals surface area contributed by atoms with E-state index in [1.54, 1.807) is 0 Å². The van der Waals surface area contributed by atoms with Crippen LogP contribution < -0.4 is 10.7 Å². The van der Waals surface area contributed by atoms with Crippen molar-refractivity contribution in [3.05, 3.63) is 69.8 Å². The fraction of sp³-hybridized carbons (Fsp3) is 0.0625. The van der Waals surface area contributed by atoms with Crippen LogP contribution in [0.5, 0.6) is 0 Å². The van der Waals surface area contributed by atoms with Gasteiger partial charge in [-0.1, -0.05) is 18.2 Å². The van der Waals surface area contributed by atoms with Crippen molar-refractivity contribution in [2.45, 2.75) is 6.18 Å². The minimum absolute atomic E-state index is 0.0843. The maximum absolute atomic E-state index is 12.6. The highest BCUT2D eigenvalue weighted by Crippen LogP contribution is 2.30. The van der Waals surface area contributed by atoms with E-state index >= 15 is 0 Å². The molecule has 8 nitrogen and oxygen atoms in total. The molecule has 0 aliphatic rings. The van der Waals surface area contributed by atoms with Gasteiger partial charge in [0.1, 0.15) is 0 Å². The molecule has 2 rings (SSSR count). The third-order valence-corrected chi connectivity index (χ3v) is 3.16. The number of amides is 2. The third-order valence-electron chi connectivity index (χ3n) is 3.16. The van der Waals surface area contributed by atoms with Crippen molar-refractivity contribution in [3.8, 4) is 0 Å². The van der Waals surface area contributed by atoms with Gasteiger partial charge in [-0.15, -0.1) is 0 Å². The van der Waals surface area contributed by atoms with Gasteiger partial charge in [-0.3, -0.25) is 19.7 Å². The van der Waals surface area contributed by atoms with Crippen LogP contribution in [0.1, 0.15) is 11.1 Å². The molecule has 0 aliphatic carbocycles. The summed E-state index contributed by atoms with van der Waals surface area (Å²) in [5, 5.41) is 16.3. The lowest BCUT2D eigenvalue weighted by Gasteiger charge is -2.09. The second-order valence-corrected chi connectivity index (χ2v) is 5.05. The van der Waals surface area contributed by atoms with Gasteiger partial charge in [0.15, 0.2) is 0 Å². The average molecular weight is 380 g/mol. The normalized spacial score (nSPS) is 11.2. The van der Waals surface area contributed by atoms with Gasteiger partial charge in [-0.2, -0.15) is 18.3 Å². The predicted molar refractivity (Wildman–Crippen MR) is 88.9 cm³/mol. The van der Waals surface area contributed by atoms with E-state index in [-0.39, 0.29) is 16.9 Å². The maximum Gasteiger partial charge on any atom is 0.416 e. The number of hydrogen-bond acceptors (Lipinski definition) is 5. The topological polar surface area (TPSA) is 114 Å². The van der Waals surface area contributed by atoms with Gasteiger partial charge in [0.05, 0.1) is 22.3 Å². The van der Waals surface area contributed by atoms with Crippen LogP contribution >= 0.6 is 0 Å². The van der Waals surface area contributed by atoms with E-state index in [9.17, 15) is 32.9 Å². The number of benzene rings is 2. The first-order valence-corrected chi connectivity index (χ1v) is 7.23. The molecule has 0 aliphatic heterocycles. The molecule has 0 bridgehead atoms. The van der Waals surface area contributed by atoms with Crippen LogP contribution in [0.4, 0.5) is 24.5 Å². The summed E-state index contributed by atoms with van der Waals surface area (Å²) in [6, 6.07) is 9.28. The van der Waals surface area contributed by atoms with Gasteiger partial charge in [0, 0.05) is 11.8 Å². The van der Waals surface area contributed by atoms with Gasteiger partial charge in [-0.05, 0) is 24.3 Å². The first kappa shape index (κ1) is 19.6. The SMILES string of the molecule is O=C(N/N=C/c1ccccc1[N+](=O)[O-])C(=O)Nc1cccc(C(F)(F)F)c1. The molecule has 0 atom stereocenters. The molecule has 0 saturated heterocycles. The van der Waals surface area contributed by atoms with Crippen LogP contribution in [0, 0.1) is 10.1 Å². The highest BCUT2D eigenvalue weighted by molar-refractivity contribution is 6.39. The summed E-state index contributed by atoms with van der Waals surface area (Å²) >= 11 is 0. The van der Waals surface area contributed by atoms with Crippen LogP contribution in [-0.2, 0) is 15.8 Å². The number of nitro benzene ring substituents is 1. The molecule has 0 aromatic heterocycles. The Kier molecular flexibility index (Phi) is 5.85. The van der Waals surface area contributed by atoms with Gasteiger partial charge >= 0.3 is 18.0 Å². The Morgan fingerprint density at radius 2 is 1.78 bits per heavy atom. The molecule has 2 amide bonds. The molecule has 0 heterocycles. The minimum atomic E-state index is -4.60. The summed E-state index contributed by atoms with van der Waals surface area (Å²) in [6.45, 7) is 0. The van der Waals surface area contributed by atoms with Crippen molar-refractivity contribution < 1.29 is 27.7 Å². The summed E-state index contributed by atoms with van der Waals surface area (Å²) in [6.07, 6.45) is -3.63. The second-order valence-electron chi connectivity index (χ2n) is 5.05. The number of nitrogens with zero attached hydrogens (tertiary/aromatic N) is 2. The van der Waals surface area contributed by atoms with Crippen molar-refractivity contribution in [2.24, 2.45) is 5.10 Å². The minimum Gasteiger partial charge on any atom is -0.318 e. The van der Waals surface area contributed by atoms with Crippen molar-refractivity contribution in [1.82, 2.24) is 5.43 Å². The molecular weight excluding hydrogens is 369 g/mol. The van der Waals surface area contributed by atoms with E-state index in [1.807, 2.05) is 10.7 Å². The van der Waals surface area contributed by atoms with E-state index in [4.69, 9.17) is 0 Å².